The van der Waals surface area contributed by atoms with E-state index >= 15 is 0 Å². The summed E-state index contributed by atoms with van der Waals surface area (Å²) < 4.78 is 5.18. The Morgan fingerprint density at radius 3 is 2.75 bits per heavy atom. The van der Waals surface area contributed by atoms with Gasteiger partial charge in [-0.3, -0.25) is 0 Å². The lowest BCUT2D eigenvalue weighted by atomic mass is 9.95. The van der Waals surface area contributed by atoms with E-state index in [4.69, 9.17) is 4.74 Å². The topological polar surface area (TPSA) is 66.8 Å². The van der Waals surface area contributed by atoms with Crippen LogP contribution in [-0.2, 0) is 11.2 Å². The maximum Gasteiger partial charge on any atom is 0.342 e. The monoisotopic (exact) mass is 222 g/mol. The number of phenolic OH excluding ortho intramolecular Hbond substituents is 2. The summed E-state index contributed by atoms with van der Waals surface area (Å²) >= 11 is 0. The Morgan fingerprint density at radius 1 is 1.38 bits per heavy atom. The summed E-state index contributed by atoms with van der Waals surface area (Å²) in [6.07, 6.45) is 1.94. The maximum absolute atomic E-state index is 11.7. The number of hydrogen-bond donors (Lipinski definition) is 2. The fourth-order valence-electron chi connectivity index (χ4n) is 2.02. The third-order valence-electron chi connectivity index (χ3n) is 2.79. The number of ether oxygens (including phenoxy) is 1. The van der Waals surface area contributed by atoms with E-state index < -0.39 is 5.97 Å². The average Bonchev–Trinajstić information content (AvgIpc) is 2.23. The summed E-state index contributed by atoms with van der Waals surface area (Å²) in [4.78, 5) is 11.7. The number of fused-ring (bicyclic) bond motifs is 1. The van der Waals surface area contributed by atoms with Crippen LogP contribution in [0.15, 0.2) is 12.1 Å². The standard InChI is InChI=1S/C12H14O4/c1-2-3-7-6-8-9(13)4-5-10(14)11(8)12(15)16-7/h4-5,7,13-14H,2-3,6H2,1H3/t7-/m0/s1. The predicted molar refractivity (Wildman–Crippen MR) is 57.6 cm³/mol. The van der Waals surface area contributed by atoms with Gasteiger partial charge in [0, 0.05) is 12.0 Å². The van der Waals surface area contributed by atoms with Gasteiger partial charge in [0.05, 0.1) is 0 Å². The van der Waals surface area contributed by atoms with Crippen molar-refractivity contribution >= 4 is 5.97 Å². The van der Waals surface area contributed by atoms with Gasteiger partial charge in [0.25, 0.3) is 0 Å². The summed E-state index contributed by atoms with van der Waals surface area (Å²) in [5.41, 5.74) is 0.599. The van der Waals surface area contributed by atoms with Crippen molar-refractivity contribution in [2.75, 3.05) is 0 Å². The minimum atomic E-state index is -0.548. The van der Waals surface area contributed by atoms with E-state index in [0.29, 0.717) is 12.0 Å². The number of esters is 1. The highest BCUT2D eigenvalue weighted by atomic mass is 16.5. The molecule has 0 radical (unpaired) electrons. The van der Waals surface area contributed by atoms with Crippen LogP contribution in [0.1, 0.15) is 35.7 Å². The number of aromatic hydroxyl groups is 2. The third kappa shape index (κ3) is 1.71. The molecule has 1 atom stereocenters. The van der Waals surface area contributed by atoms with E-state index in [2.05, 4.69) is 0 Å². The first-order chi connectivity index (χ1) is 7.63. The van der Waals surface area contributed by atoms with Crippen molar-refractivity contribution in [1.82, 2.24) is 0 Å². The molecular formula is C12H14O4. The van der Waals surface area contributed by atoms with E-state index in [9.17, 15) is 15.0 Å². The smallest absolute Gasteiger partial charge is 0.342 e. The normalized spacial score (nSPS) is 19.1. The van der Waals surface area contributed by atoms with Crippen molar-refractivity contribution in [3.63, 3.8) is 0 Å². The van der Waals surface area contributed by atoms with Crippen molar-refractivity contribution < 1.29 is 19.7 Å². The van der Waals surface area contributed by atoms with Gasteiger partial charge in [-0.25, -0.2) is 4.79 Å². The Morgan fingerprint density at radius 2 is 2.06 bits per heavy atom. The van der Waals surface area contributed by atoms with Gasteiger partial charge < -0.3 is 14.9 Å². The molecule has 4 heteroatoms. The molecule has 0 aromatic heterocycles. The molecule has 0 saturated heterocycles. The first-order valence-electron chi connectivity index (χ1n) is 5.38. The third-order valence-corrected chi connectivity index (χ3v) is 2.79. The number of phenols is 2. The zero-order valence-electron chi connectivity index (χ0n) is 9.06. The molecule has 1 aromatic carbocycles. The van der Waals surface area contributed by atoms with Crippen LogP contribution in [0.2, 0.25) is 0 Å². The molecule has 2 N–H and O–H groups in total. The van der Waals surface area contributed by atoms with Gasteiger partial charge in [0.15, 0.2) is 0 Å². The van der Waals surface area contributed by atoms with E-state index in [1.165, 1.54) is 12.1 Å². The number of benzene rings is 1. The lowest BCUT2D eigenvalue weighted by Crippen LogP contribution is -2.27. The fraction of sp³-hybridized carbons (Fsp3) is 0.417. The van der Waals surface area contributed by atoms with Gasteiger partial charge in [-0.15, -0.1) is 0 Å². The lowest BCUT2D eigenvalue weighted by Gasteiger charge is -2.25. The minimum absolute atomic E-state index is 0.0468. The molecule has 0 amide bonds. The fourth-order valence-corrected chi connectivity index (χ4v) is 2.02. The summed E-state index contributed by atoms with van der Waals surface area (Å²) in [6.45, 7) is 2.01. The molecule has 86 valence electrons. The number of hydrogen-bond acceptors (Lipinski definition) is 4. The van der Waals surface area contributed by atoms with Crippen LogP contribution in [0.3, 0.4) is 0 Å². The molecule has 16 heavy (non-hydrogen) atoms. The Hall–Kier alpha value is -1.71. The number of carbonyl (C=O) groups excluding carboxylic acids is 1. The minimum Gasteiger partial charge on any atom is -0.508 e. The quantitative estimate of drug-likeness (QED) is 0.593. The SMILES string of the molecule is CCC[C@H]1Cc2c(O)ccc(O)c2C(=O)O1. The molecule has 1 aromatic rings. The zero-order valence-corrected chi connectivity index (χ0v) is 9.06. The summed E-state index contributed by atoms with van der Waals surface area (Å²) in [5.74, 6) is -0.633. The number of carbonyl (C=O) groups is 1. The van der Waals surface area contributed by atoms with Gasteiger partial charge in [0.2, 0.25) is 0 Å². The lowest BCUT2D eigenvalue weighted by molar-refractivity contribution is 0.0229. The Balaban J connectivity index is 2.42. The van der Waals surface area contributed by atoms with Crippen LogP contribution in [0.4, 0.5) is 0 Å². The van der Waals surface area contributed by atoms with Crippen LogP contribution < -0.4 is 0 Å². The summed E-state index contributed by atoms with van der Waals surface area (Å²) in [6, 6.07) is 2.70. The van der Waals surface area contributed by atoms with E-state index in [1.807, 2.05) is 6.92 Å². The van der Waals surface area contributed by atoms with Crippen molar-refractivity contribution in [3.05, 3.63) is 23.3 Å². The van der Waals surface area contributed by atoms with Gasteiger partial charge in [-0.1, -0.05) is 13.3 Å². The van der Waals surface area contributed by atoms with E-state index in [0.717, 1.165) is 12.8 Å². The van der Waals surface area contributed by atoms with Crippen LogP contribution in [-0.4, -0.2) is 22.3 Å². The first kappa shape index (κ1) is 10.8. The second-order valence-corrected chi connectivity index (χ2v) is 3.98. The van der Waals surface area contributed by atoms with Crippen molar-refractivity contribution in [2.24, 2.45) is 0 Å². The Kier molecular flexibility index (Phi) is 2.73. The number of rotatable bonds is 2. The maximum atomic E-state index is 11.7. The molecule has 4 nitrogen and oxygen atoms in total. The van der Waals surface area contributed by atoms with Gasteiger partial charge in [0.1, 0.15) is 23.2 Å². The molecule has 0 aliphatic carbocycles. The van der Waals surface area contributed by atoms with Crippen LogP contribution in [0, 0.1) is 0 Å². The van der Waals surface area contributed by atoms with Crippen LogP contribution >= 0.6 is 0 Å². The molecule has 1 aliphatic rings. The predicted octanol–water partition coefficient (Wildman–Crippen LogP) is 1.98. The summed E-state index contributed by atoms with van der Waals surface area (Å²) in [5, 5.41) is 19.2. The van der Waals surface area contributed by atoms with Gasteiger partial charge in [-0.2, -0.15) is 0 Å². The van der Waals surface area contributed by atoms with Crippen molar-refractivity contribution in [1.29, 1.82) is 0 Å². The van der Waals surface area contributed by atoms with Crippen LogP contribution in [0.5, 0.6) is 11.5 Å². The zero-order chi connectivity index (χ0) is 11.7. The van der Waals surface area contributed by atoms with Crippen molar-refractivity contribution in [2.45, 2.75) is 32.3 Å². The average molecular weight is 222 g/mol. The molecule has 0 fully saturated rings. The molecule has 2 rings (SSSR count). The summed E-state index contributed by atoms with van der Waals surface area (Å²) in [7, 11) is 0. The second kappa shape index (κ2) is 4.04. The van der Waals surface area contributed by atoms with E-state index in [-0.39, 0.29) is 23.2 Å². The molecule has 1 aliphatic heterocycles. The Labute approximate surface area is 93.5 Å². The highest BCUT2D eigenvalue weighted by molar-refractivity contribution is 5.96. The van der Waals surface area contributed by atoms with Crippen molar-refractivity contribution in [3.8, 4) is 11.5 Å². The largest absolute Gasteiger partial charge is 0.508 e. The van der Waals surface area contributed by atoms with Crippen LogP contribution in [0.25, 0.3) is 0 Å². The second-order valence-electron chi connectivity index (χ2n) is 3.98. The molecule has 0 unspecified atom stereocenters. The van der Waals surface area contributed by atoms with Gasteiger partial charge in [-0.05, 0) is 18.6 Å². The molecule has 1 heterocycles. The first-order valence-corrected chi connectivity index (χ1v) is 5.38. The Bertz CT molecular complexity index is 425. The molecule has 0 spiro atoms. The molecular weight excluding hydrogens is 208 g/mol. The number of cyclic esters (lactones) is 1. The van der Waals surface area contributed by atoms with E-state index in [1.54, 1.807) is 0 Å². The molecule has 0 saturated carbocycles. The molecule has 0 bridgehead atoms. The van der Waals surface area contributed by atoms with Gasteiger partial charge >= 0.3 is 5.97 Å². The highest BCUT2D eigenvalue weighted by Crippen LogP contribution is 2.35. The highest BCUT2D eigenvalue weighted by Gasteiger charge is 2.30.